The van der Waals surface area contributed by atoms with Crippen molar-refractivity contribution < 1.29 is 14.7 Å². The SMILES string of the molecule is CC(C)N(C(=O)CN1CCCCC1CC(=O)O)C(C)C. The van der Waals surface area contributed by atoms with Gasteiger partial charge in [-0.3, -0.25) is 14.5 Å². The first-order valence-electron chi connectivity index (χ1n) is 7.60. The van der Waals surface area contributed by atoms with Crippen molar-refractivity contribution in [3.63, 3.8) is 0 Å². The van der Waals surface area contributed by atoms with Crippen LogP contribution in [0.15, 0.2) is 0 Å². The van der Waals surface area contributed by atoms with Crippen molar-refractivity contribution in [3.8, 4) is 0 Å². The third-order valence-electron chi connectivity index (χ3n) is 3.90. The fourth-order valence-electron chi connectivity index (χ4n) is 3.13. The summed E-state index contributed by atoms with van der Waals surface area (Å²) in [6.07, 6.45) is 3.12. The Labute approximate surface area is 121 Å². The molecule has 0 spiro atoms. The number of likely N-dealkylation sites (tertiary alicyclic amines) is 1. The average Bonchev–Trinajstić information content (AvgIpc) is 2.29. The highest BCUT2D eigenvalue weighted by Crippen LogP contribution is 2.20. The number of carboxylic acid groups (broad SMARTS) is 1. The number of carbonyl (C=O) groups excluding carboxylic acids is 1. The Bertz CT molecular complexity index is 334. The molecule has 1 N–H and O–H groups in total. The van der Waals surface area contributed by atoms with Gasteiger partial charge in [0.1, 0.15) is 0 Å². The molecule has 0 aromatic rings. The summed E-state index contributed by atoms with van der Waals surface area (Å²) in [4.78, 5) is 27.3. The molecule has 116 valence electrons. The molecule has 0 radical (unpaired) electrons. The van der Waals surface area contributed by atoms with Gasteiger partial charge in [-0.25, -0.2) is 0 Å². The highest BCUT2D eigenvalue weighted by atomic mass is 16.4. The molecule has 5 heteroatoms. The Morgan fingerprint density at radius 1 is 1.20 bits per heavy atom. The predicted octanol–water partition coefficient (Wildman–Crippen LogP) is 1.96. The molecule has 1 amide bonds. The fraction of sp³-hybridized carbons (Fsp3) is 0.867. The second kappa shape index (κ2) is 7.62. The minimum atomic E-state index is -0.779. The van der Waals surface area contributed by atoms with E-state index in [0.717, 1.165) is 25.8 Å². The topological polar surface area (TPSA) is 60.9 Å². The molecule has 5 nitrogen and oxygen atoms in total. The van der Waals surface area contributed by atoms with Gasteiger partial charge in [0, 0.05) is 18.1 Å². The summed E-state index contributed by atoms with van der Waals surface area (Å²) in [5.41, 5.74) is 0. The summed E-state index contributed by atoms with van der Waals surface area (Å²) in [7, 11) is 0. The van der Waals surface area contributed by atoms with Crippen molar-refractivity contribution in [2.45, 2.75) is 71.5 Å². The summed E-state index contributed by atoms with van der Waals surface area (Å²) in [6, 6.07) is 0.349. The number of nitrogens with zero attached hydrogens (tertiary/aromatic N) is 2. The van der Waals surface area contributed by atoms with E-state index in [2.05, 4.69) is 4.90 Å². The van der Waals surface area contributed by atoms with Crippen LogP contribution in [0.5, 0.6) is 0 Å². The maximum absolute atomic E-state index is 12.5. The predicted molar refractivity (Wildman–Crippen MR) is 78.6 cm³/mol. The lowest BCUT2D eigenvalue weighted by molar-refractivity contribution is -0.142. The van der Waals surface area contributed by atoms with E-state index in [0.29, 0.717) is 6.54 Å². The number of carbonyl (C=O) groups is 2. The quantitative estimate of drug-likeness (QED) is 0.810. The van der Waals surface area contributed by atoms with Gasteiger partial charge in [0.05, 0.1) is 13.0 Å². The van der Waals surface area contributed by atoms with Gasteiger partial charge in [-0.05, 0) is 47.1 Å². The second-order valence-electron chi connectivity index (χ2n) is 6.21. The van der Waals surface area contributed by atoms with Gasteiger partial charge in [-0.15, -0.1) is 0 Å². The van der Waals surface area contributed by atoms with E-state index < -0.39 is 5.97 Å². The largest absolute Gasteiger partial charge is 0.481 e. The van der Waals surface area contributed by atoms with Gasteiger partial charge in [-0.1, -0.05) is 6.42 Å². The smallest absolute Gasteiger partial charge is 0.304 e. The number of hydrogen-bond donors (Lipinski definition) is 1. The van der Waals surface area contributed by atoms with Crippen molar-refractivity contribution in [2.75, 3.05) is 13.1 Å². The lowest BCUT2D eigenvalue weighted by Gasteiger charge is -2.38. The molecule has 0 bridgehead atoms. The van der Waals surface area contributed by atoms with Crippen LogP contribution in [0.3, 0.4) is 0 Å². The van der Waals surface area contributed by atoms with Crippen LogP contribution in [0.1, 0.15) is 53.4 Å². The van der Waals surface area contributed by atoms with E-state index in [1.54, 1.807) is 0 Å². The number of hydrogen-bond acceptors (Lipinski definition) is 3. The first-order chi connectivity index (χ1) is 9.32. The molecular weight excluding hydrogens is 256 g/mol. The zero-order chi connectivity index (χ0) is 15.3. The molecule has 20 heavy (non-hydrogen) atoms. The molecule has 1 aliphatic rings. The number of amides is 1. The van der Waals surface area contributed by atoms with E-state index in [1.807, 2.05) is 32.6 Å². The summed E-state index contributed by atoms with van der Waals surface area (Å²) >= 11 is 0. The summed E-state index contributed by atoms with van der Waals surface area (Å²) < 4.78 is 0. The van der Waals surface area contributed by atoms with Crippen LogP contribution in [-0.2, 0) is 9.59 Å². The normalized spacial score (nSPS) is 20.4. The first-order valence-corrected chi connectivity index (χ1v) is 7.60. The highest BCUT2D eigenvalue weighted by molar-refractivity contribution is 5.79. The van der Waals surface area contributed by atoms with Gasteiger partial charge >= 0.3 is 5.97 Å². The van der Waals surface area contributed by atoms with Crippen molar-refractivity contribution in [2.24, 2.45) is 0 Å². The van der Waals surface area contributed by atoms with Crippen molar-refractivity contribution in [1.82, 2.24) is 9.80 Å². The molecule has 1 heterocycles. The number of aliphatic carboxylic acids is 1. The molecule has 0 saturated carbocycles. The number of piperidine rings is 1. The van der Waals surface area contributed by atoms with E-state index in [1.165, 1.54) is 0 Å². The first kappa shape index (κ1) is 17.0. The molecule has 0 aliphatic carbocycles. The van der Waals surface area contributed by atoms with Gasteiger partial charge in [0.2, 0.25) is 5.91 Å². The van der Waals surface area contributed by atoms with Crippen molar-refractivity contribution >= 4 is 11.9 Å². The zero-order valence-electron chi connectivity index (χ0n) is 13.1. The lowest BCUT2D eigenvalue weighted by atomic mass is 9.99. The van der Waals surface area contributed by atoms with E-state index in [4.69, 9.17) is 5.11 Å². The van der Waals surface area contributed by atoms with Crippen LogP contribution in [-0.4, -0.2) is 58.0 Å². The van der Waals surface area contributed by atoms with Gasteiger partial charge < -0.3 is 10.0 Å². The Balaban J connectivity index is 2.67. The fourth-order valence-corrected chi connectivity index (χ4v) is 3.13. The molecule has 1 saturated heterocycles. The maximum Gasteiger partial charge on any atom is 0.304 e. The summed E-state index contributed by atoms with van der Waals surface area (Å²) in [5.74, 6) is -0.675. The Kier molecular flexibility index (Phi) is 6.46. The molecule has 0 aromatic carbocycles. The molecule has 0 aromatic heterocycles. The van der Waals surface area contributed by atoms with Gasteiger partial charge in [0.25, 0.3) is 0 Å². The molecule has 1 aliphatic heterocycles. The monoisotopic (exact) mass is 284 g/mol. The molecule has 1 rings (SSSR count). The molecule has 1 unspecified atom stereocenters. The molecule has 1 fully saturated rings. The third kappa shape index (κ3) is 4.78. The maximum atomic E-state index is 12.5. The molecular formula is C15H28N2O3. The van der Waals surface area contributed by atoms with Crippen molar-refractivity contribution in [1.29, 1.82) is 0 Å². The number of rotatable bonds is 6. The summed E-state index contributed by atoms with van der Waals surface area (Å²) in [5, 5.41) is 8.98. The standard InChI is InChI=1S/C15H28N2O3/c1-11(2)17(12(3)4)14(18)10-16-8-6-5-7-13(16)9-15(19)20/h11-13H,5-10H2,1-4H3,(H,19,20). The number of carboxylic acids is 1. The van der Waals surface area contributed by atoms with E-state index >= 15 is 0 Å². The van der Waals surface area contributed by atoms with Gasteiger partial charge in [-0.2, -0.15) is 0 Å². The lowest BCUT2D eigenvalue weighted by Crippen LogP contribution is -2.50. The Morgan fingerprint density at radius 3 is 2.30 bits per heavy atom. The molecule has 1 atom stereocenters. The van der Waals surface area contributed by atoms with Crippen LogP contribution in [0, 0.1) is 0 Å². The van der Waals surface area contributed by atoms with Crippen LogP contribution in [0.25, 0.3) is 0 Å². The second-order valence-corrected chi connectivity index (χ2v) is 6.21. The minimum absolute atomic E-state index is 0.00590. The highest BCUT2D eigenvalue weighted by Gasteiger charge is 2.29. The average molecular weight is 284 g/mol. The zero-order valence-corrected chi connectivity index (χ0v) is 13.1. The van der Waals surface area contributed by atoms with E-state index in [-0.39, 0.29) is 30.5 Å². The van der Waals surface area contributed by atoms with Crippen LogP contribution in [0.2, 0.25) is 0 Å². The van der Waals surface area contributed by atoms with Gasteiger partial charge in [0.15, 0.2) is 0 Å². The van der Waals surface area contributed by atoms with Crippen LogP contribution >= 0.6 is 0 Å². The van der Waals surface area contributed by atoms with Crippen LogP contribution < -0.4 is 0 Å². The summed E-state index contributed by atoms with van der Waals surface area (Å²) in [6.45, 7) is 9.24. The minimum Gasteiger partial charge on any atom is -0.481 e. The Hall–Kier alpha value is -1.10. The van der Waals surface area contributed by atoms with E-state index in [9.17, 15) is 9.59 Å². The van der Waals surface area contributed by atoms with Crippen LogP contribution in [0.4, 0.5) is 0 Å². The van der Waals surface area contributed by atoms with Crippen molar-refractivity contribution in [3.05, 3.63) is 0 Å². The third-order valence-corrected chi connectivity index (χ3v) is 3.90. The Morgan fingerprint density at radius 2 is 1.80 bits per heavy atom.